The van der Waals surface area contributed by atoms with Crippen LogP contribution in [0.5, 0.6) is 0 Å². The molecule has 2 fully saturated rings. The maximum atomic E-state index is 12.3. The number of ether oxygens (including phenoxy) is 2. The Balaban J connectivity index is 1.49. The van der Waals surface area contributed by atoms with Gasteiger partial charge in [0.1, 0.15) is 0 Å². The Labute approximate surface area is 133 Å². The van der Waals surface area contributed by atoms with Gasteiger partial charge in [0.15, 0.2) is 5.79 Å². The zero-order valence-corrected chi connectivity index (χ0v) is 13.3. The fraction of sp³-hybridized carbons (Fsp3) is 0.533. The van der Waals surface area contributed by atoms with Crippen molar-refractivity contribution in [2.45, 2.75) is 23.5 Å². The van der Waals surface area contributed by atoms with Gasteiger partial charge in [0.2, 0.25) is 5.91 Å². The highest BCUT2D eigenvalue weighted by Gasteiger charge is 2.40. The summed E-state index contributed by atoms with van der Waals surface area (Å²) in [4.78, 5) is 15.1. The van der Waals surface area contributed by atoms with Gasteiger partial charge in [-0.1, -0.05) is 23.7 Å². The maximum absolute atomic E-state index is 12.3. The van der Waals surface area contributed by atoms with Gasteiger partial charge in [-0.25, -0.2) is 0 Å². The molecule has 0 atom stereocenters. The zero-order valence-electron chi connectivity index (χ0n) is 11.7. The predicted octanol–water partition coefficient (Wildman–Crippen LogP) is 2.80. The molecular formula is C15H18ClNO3S. The molecule has 0 N–H and O–H groups in total. The lowest BCUT2D eigenvalue weighted by molar-refractivity contribution is -0.186. The number of hydrogen-bond acceptors (Lipinski definition) is 4. The lowest BCUT2D eigenvalue weighted by Crippen LogP contribution is -2.47. The molecule has 0 saturated carbocycles. The van der Waals surface area contributed by atoms with Gasteiger partial charge in [-0.15, -0.1) is 11.8 Å². The fourth-order valence-electron chi connectivity index (χ4n) is 2.68. The van der Waals surface area contributed by atoms with E-state index in [2.05, 4.69) is 0 Å². The maximum Gasteiger partial charge on any atom is 0.232 e. The molecule has 0 aliphatic carbocycles. The second kappa shape index (κ2) is 6.57. The Bertz CT molecular complexity index is 509. The van der Waals surface area contributed by atoms with Crippen LogP contribution in [0.2, 0.25) is 5.02 Å². The van der Waals surface area contributed by atoms with E-state index in [9.17, 15) is 4.79 Å². The number of amides is 1. The third-order valence-corrected chi connectivity index (χ3v) is 5.38. The smallest absolute Gasteiger partial charge is 0.232 e. The minimum atomic E-state index is -0.424. The first kappa shape index (κ1) is 15.2. The van der Waals surface area contributed by atoms with E-state index in [1.807, 2.05) is 29.2 Å². The van der Waals surface area contributed by atoms with Gasteiger partial charge in [-0.3, -0.25) is 4.79 Å². The van der Waals surface area contributed by atoms with E-state index in [-0.39, 0.29) is 5.91 Å². The summed E-state index contributed by atoms with van der Waals surface area (Å²) < 4.78 is 11.3. The van der Waals surface area contributed by atoms with Crippen LogP contribution in [0.4, 0.5) is 0 Å². The largest absolute Gasteiger partial charge is 0.347 e. The fourth-order valence-corrected chi connectivity index (χ4v) is 3.82. The van der Waals surface area contributed by atoms with Crippen LogP contribution in [-0.2, 0) is 14.3 Å². The number of hydrogen-bond donors (Lipinski definition) is 0. The standard InChI is InChI=1S/C15H18ClNO3S/c16-12-3-1-2-4-13(12)21-11-14(18)17-7-5-15(6-8-17)19-9-10-20-15/h1-4H,5-11H2. The summed E-state index contributed by atoms with van der Waals surface area (Å²) in [5.41, 5.74) is 0. The molecule has 3 rings (SSSR count). The monoisotopic (exact) mass is 327 g/mol. The number of benzene rings is 1. The number of halogens is 1. The second-order valence-electron chi connectivity index (χ2n) is 5.21. The van der Waals surface area contributed by atoms with Crippen LogP contribution < -0.4 is 0 Å². The molecule has 0 bridgehead atoms. The van der Waals surface area contributed by atoms with Crippen LogP contribution in [0.3, 0.4) is 0 Å². The van der Waals surface area contributed by atoms with Gasteiger partial charge in [0.25, 0.3) is 0 Å². The van der Waals surface area contributed by atoms with Crippen molar-refractivity contribution in [2.75, 3.05) is 32.1 Å². The van der Waals surface area contributed by atoms with E-state index in [0.29, 0.717) is 37.1 Å². The van der Waals surface area contributed by atoms with Crippen molar-refractivity contribution in [3.05, 3.63) is 29.3 Å². The summed E-state index contributed by atoms with van der Waals surface area (Å²) in [6.07, 6.45) is 1.52. The van der Waals surface area contributed by atoms with Gasteiger partial charge in [0, 0.05) is 30.8 Å². The second-order valence-corrected chi connectivity index (χ2v) is 6.63. The molecule has 2 saturated heterocycles. The van der Waals surface area contributed by atoms with Gasteiger partial charge in [-0.05, 0) is 12.1 Å². The number of rotatable bonds is 3. The van der Waals surface area contributed by atoms with Crippen LogP contribution >= 0.6 is 23.4 Å². The average Bonchev–Trinajstić information content (AvgIpc) is 2.95. The Morgan fingerprint density at radius 2 is 1.90 bits per heavy atom. The summed E-state index contributed by atoms with van der Waals surface area (Å²) in [5.74, 6) is 0.137. The van der Waals surface area contributed by atoms with Gasteiger partial charge in [0.05, 0.1) is 24.0 Å². The van der Waals surface area contributed by atoms with Gasteiger partial charge >= 0.3 is 0 Å². The summed E-state index contributed by atoms with van der Waals surface area (Å²) >= 11 is 7.58. The minimum absolute atomic E-state index is 0.146. The summed E-state index contributed by atoms with van der Waals surface area (Å²) in [5, 5.41) is 0.695. The highest BCUT2D eigenvalue weighted by Crippen LogP contribution is 2.32. The lowest BCUT2D eigenvalue weighted by atomic mass is 10.0. The molecule has 21 heavy (non-hydrogen) atoms. The summed E-state index contributed by atoms with van der Waals surface area (Å²) in [7, 11) is 0. The molecule has 1 aromatic carbocycles. The van der Waals surface area contributed by atoms with Crippen LogP contribution in [0.25, 0.3) is 0 Å². The van der Waals surface area contributed by atoms with Crippen molar-refractivity contribution in [3.8, 4) is 0 Å². The van der Waals surface area contributed by atoms with Crippen LogP contribution in [0.15, 0.2) is 29.2 Å². The number of piperidine rings is 1. The minimum Gasteiger partial charge on any atom is -0.347 e. The first-order valence-corrected chi connectivity index (χ1v) is 8.48. The van der Waals surface area contributed by atoms with Crippen molar-refractivity contribution in [1.82, 2.24) is 4.90 Å². The lowest BCUT2D eigenvalue weighted by Gasteiger charge is -2.37. The topological polar surface area (TPSA) is 38.8 Å². The first-order valence-electron chi connectivity index (χ1n) is 7.12. The SMILES string of the molecule is O=C(CSc1ccccc1Cl)N1CCC2(CC1)OCCO2. The molecule has 2 aliphatic heterocycles. The van der Waals surface area contributed by atoms with E-state index in [0.717, 1.165) is 17.7 Å². The number of carbonyl (C=O) groups excluding carboxylic acids is 1. The number of likely N-dealkylation sites (tertiary alicyclic amines) is 1. The third-order valence-electron chi connectivity index (χ3n) is 3.88. The van der Waals surface area contributed by atoms with Crippen molar-refractivity contribution in [3.63, 3.8) is 0 Å². The van der Waals surface area contributed by atoms with Gasteiger partial charge < -0.3 is 14.4 Å². The zero-order chi connectivity index (χ0) is 14.7. The molecule has 6 heteroatoms. The van der Waals surface area contributed by atoms with E-state index in [4.69, 9.17) is 21.1 Å². The van der Waals surface area contributed by atoms with Crippen LogP contribution in [-0.4, -0.2) is 48.7 Å². The van der Waals surface area contributed by atoms with E-state index < -0.39 is 5.79 Å². The average molecular weight is 328 g/mol. The molecule has 0 radical (unpaired) electrons. The Morgan fingerprint density at radius 1 is 1.24 bits per heavy atom. The first-order chi connectivity index (χ1) is 10.2. The van der Waals surface area contributed by atoms with Crippen LogP contribution in [0.1, 0.15) is 12.8 Å². The number of carbonyl (C=O) groups is 1. The molecule has 0 aromatic heterocycles. The molecule has 1 amide bonds. The quantitative estimate of drug-likeness (QED) is 0.800. The molecule has 1 spiro atoms. The summed E-state index contributed by atoms with van der Waals surface area (Å²) in [6.45, 7) is 2.72. The highest BCUT2D eigenvalue weighted by atomic mass is 35.5. The molecule has 4 nitrogen and oxygen atoms in total. The van der Waals surface area contributed by atoms with Crippen LogP contribution in [0, 0.1) is 0 Å². The van der Waals surface area contributed by atoms with Gasteiger partial charge in [-0.2, -0.15) is 0 Å². The van der Waals surface area contributed by atoms with Crippen molar-refractivity contribution in [2.24, 2.45) is 0 Å². The molecule has 1 aromatic rings. The molecule has 2 aliphatic rings. The molecular weight excluding hydrogens is 310 g/mol. The Hall–Kier alpha value is -0.750. The van der Waals surface area contributed by atoms with Crippen molar-refractivity contribution in [1.29, 1.82) is 0 Å². The molecule has 0 unspecified atom stereocenters. The number of nitrogens with zero attached hydrogens (tertiary/aromatic N) is 1. The van der Waals surface area contributed by atoms with E-state index >= 15 is 0 Å². The molecule has 114 valence electrons. The number of thioether (sulfide) groups is 1. The normalized spacial score (nSPS) is 20.9. The van der Waals surface area contributed by atoms with Crippen molar-refractivity contribution >= 4 is 29.3 Å². The van der Waals surface area contributed by atoms with E-state index in [1.54, 1.807) is 0 Å². The Kier molecular flexibility index (Phi) is 4.74. The molecule has 2 heterocycles. The highest BCUT2D eigenvalue weighted by molar-refractivity contribution is 8.00. The Morgan fingerprint density at radius 3 is 2.57 bits per heavy atom. The summed E-state index contributed by atoms with van der Waals surface area (Å²) in [6, 6.07) is 7.59. The van der Waals surface area contributed by atoms with E-state index in [1.165, 1.54) is 11.8 Å². The predicted molar refractivity (Wildman–Crippen MR) is 82.6 cm³/mol. The van der Waals surface area contributed by atoms with Crippen molar-refractivity contribution < 1.29 is 14.3 Å². The third kappa shape index (κ3) is 3.54.